The van der Waals surface area contributed by atoms with E-state index >= 15 is 0 Å². The summed E-state index contributed by atoms with van der Waals surface area (Å²) in [6.07, 6.45) is 11.5. The van der Waals surface area contributed by atoms with Crippen molar-refractivity contribution < 1.29 is 9.47 Å². The fraction of sp³-hybridized carbons (Fsp3) is 0.765. The third-order valence-electron chi connectivity index (χ3n) is 5.28. The SMILES string of the molecule is c1cnc(N2CC3(C[C@@H](OCC4CCCC4)CCO3)C2)nc1. The van der Waals surface area contributed by atoms with E-state index in [1.807, 2.05) is 6.07 Å². The number of ether oxygens (including phenoxy) is 2. The standard InChI is InChI=1S/C17H25N3O2/c1-2-5-14(4-1)11-21-15-6-9-22-17(10-15)12-20(13-17)16-18-7-3-8-19-16/h3,7-8,14-15H,1-2,4-6,9-13H2/t15-/m0/s1. The summed E-state index contributed by atoms with van der Waals surface area (Å²) in [5.74, 6) is 1.61. The van der Waals surface area contributed by atoms with Crippen LogP contribution in [0.4, 0.5) is 5.95 Å². The fourth-order valence-electron chi connectivity index (χ4n) is 4.04. The normalized spacial score (nSPS) is 28.0. The molecule has 1 aromatic rings. The molecule has 1 aliphatic carbocycles. The maximum atomic E-state index is 6.21. The van der Waals surface area contributed by atoms with Gasteiger partial charge in [-0.2, -0.15) is 0 Å². The zero-order valence-electron chi connectivity index (χ0n) is 13.1. The first-order valence-corrected chi connectivity index (χ1v) is 8.61. The van der Waals surface area contributed by atoms with Crippen molar-refractivity contribution in [1.82, 2.24) is 9.97 Å². The summed E-state index contributed by atoms with van der Waals surface area (Å²) in [4.78, 5) is 10.8. The van der Waals surface area contributed by atoms with Crippen molar-refractivity contribution in [2.24, 2.45) is 5.92 Å². The second-order valence-corrected chi connectivity index (χ2v) is 7.03. The molecule has 1 atom stereocenters. The maximum Gasteiger partial charge on any atom is 0.225 e. The highest BCUT2D eigenvalue weighted by Crippen LogP contribution is 2.37. The first-order chi connectivity index (χ1) is 10.8. The minimum Gasteiger partial charge on any atom is -0.378 e. The van der Waals surface area contributed by atoms with Crippen molar-refractivity contribution in [2.75, 3.05) is 31.2 Å². The van der Waals surface area contributed by atoms with Crippen molar-refractivity contribution in [2.45, 2.75) is 50.2 Å². The summed E-state index contributed by atoms with van der Waals surface area (Å²) in [6.45, 7) is 3.55. The predicted octanol–water partition coefficient (Wildman–Crippen LogP) is 2.42. The van der Waals surface area contributed by atoms with Gasteiger partial charge in [-0.15, -0.1) is 0 Å². The average molecular weight is 303 g/mol. The molecule has 0 bridgehead atoms. The van der Waals surface area contributed by atoms with E-state index in [4.69, 9.17) is 9.47 Å². The first-order valence-electron chi connectivity index (χ1n) is 8.61. The van der Waals surface area contributed by atoms with E-state index in [2.05, 4.69) is 14.9 Å². The Morgan fingerprint density at radius 3 is 2.73 bits per heavy atom. The molecule has 2 aliphatic heterocycles. The minimum atomic E-state index is -0.0300. The summed E-state index contributed by atoms with van der Waals surface area (Å²) < 4.78 is 12.3. The average Bonchev–Trinajstić information content (AvgIpc) is 3.05. The van der Waals surface area contributed by atoms with Crippen LogP contribution >= 0.6 is 0 Å². The van der Waals surface area contributed by atoms with Gasteiger partial charge in [-0.05, 0) is 31.2 Å². The molecule has 22 heavy (non-hydrogen) atoms. The van der Waals surface area contributed by atoms with Gasteiger partial charge in [-0.1, -0.05) is 12.8 Å². The minimum absolute atomic E-state index is 0.0300. The highest BCUT2D eigenvalue weighted by Gasteiger charge is 2.48. The summed E-state index contributed by atoms with van der Waals surface area (Å²) in [6, 6.07) is 1.85. The Balaban J connectivity index is 1.28. The molecule has 0 unspecified atom stereocenters. The van der Waals surface area contributed by atoms with Crippen LogP contribution in [-0.4, -0.2) is 48.0 Å². The molecule has 1 spiro atoms. The van der Waals surface area contributed by atoms with E-state index in [1.165, 1.54) is 25.7 Å². The molecule has 0 aromatic carbocycles. The molecule has 3 heterocycles. The van der Waals surface area contributed by atoms with E-state index in [0.29, 0.717) is 6.10 Å². The molecule has 0 N–H and O–H groups in total. The van der Waals surface area contributed by atoms with Gasteiger partial charge >= 0.3 is 0 Å². The number of rotatable bonds is 4. The second-order valence-electron chi connectivity index (χ2n) is 7.03. The molecule has 1 aromatic heterocycles. The lowest BCUT2D eigenvalue weighted by Crippen LogP contribution is -2.66. The van der Waals surface area contributed by atoms with Crippen LogP contribution in [0.1, 0.15) is 38.5 Å². The summed E-state index contributed by atoms with van der Waals surface area (Å²) in [5, 5.41) is 0. The van der Waals surface area contributed by atoms with E-state index in [1.54, 1.807) is 12.4 Å². The molecule has 3 aliphatic rings. The van der Waals surface area contributed by atoms with Gasteiger partial charge in [0.1, 0.15) is 5.60 Å². The van der Waals surface area contributed by atoms with Crippen LogP contribution in [0.5, 0.6) is 0 Å². The molecule has 0 amide bonds. The topological polar surface area (TPSA) is 47.5 Å². The third-order valence-corrected chi connectivity index (χ3v) is 5.28. The van der Waals surface area contributed by atoms with E-state index in [9.17, 15) is 0 Å². The molecule has 3 fully saturated rings. The molecular weight excluding hydrogens is 278 g/mol. The zero-order valence-corrected chi connectivity index (χ0v) is 13.1. The number of aromatic nitrogens is 2. The van der Waals surface area contributed by atoms with Gasteiger partial charge in [0.15, 0.2) is 0 Å². The van der Waals surface area contributed by atoms with Crippen molar-refractivity contribution in [1.29, 1.82) is 0 Å². The smallest absolute Gasteiger partial charge is 0.225 e. The second kappa shape index (κ2) is 6.13. The van der Waals surface area contributed by atoms with Crippen LogP contribution in [0.2, 0.25) is 0 Å². The zero-order chi connectivity index (χ0) is 14.8. The Kier molecular flexibility index (Phi) is 4.01. The van der Waals surface area contributed by atoms with Gasteiger partial charge in [-0.25, -0.2) is 9.97 Å². The quantitative estimate of drug-likeness (QED) is 0.855. The highest BCUT2D eigenvalue weighted by molar-refractivity contribution is 5.37. The van der Waals surface area contributed by atoms with E-state index in [-0.39, 0.29) is 5.60 Å². The summed E-state index contributed by atoms with van der Waals surface area (Å²) in [7, 11) is 0. The monoisotopic (exact) mass is 303 g/mol. The molecule has 120 valence electrons. The molecule has 2 saturated heterocycles. The molecule has 5 nitrogen and oxygen atoms in total. The van der Waals surface area contributed by atoms with Gasteiger partial charge in [0.05, 0.1) is 19.2 Å². The van der Waals surface area contributed by atoms with Gasteiger partial charge in [-0.3, -0.25) is 0 Å². The van der Waals surface area contributed by atoms with Crippen LogP contribution in [-0.2, 0) is 9.47 Å². The predicted molar refractivity (Wildman–Crippen MR) is 83.9 cm³/mol. The first kappa shape index (κ1) is 14.4. The van der Waals surface area contributed by atoms with Crippen molar-refractivity contribution in [3.63, 3.8) is 0 Å². The number of hydrogen-bond acceptors (Lipinski definition) is 5. The number of nitrogens with zero attached hydrogens (tertiary/aromatic N) is 3. The van der Waals surface area contributed by atoms with Gasteiger partial charge in [0.2, 0.25) is 5.95 Å². The van der Waals surface area contributed by atoms with Crippen LogP contribution < -0.4 is 4.90 Å². The summed E-state index contributed by atoms with van der Waals surface area (Å²) in [5.41, 5.74) is -0.0300. The maximum absolute atomic E-state index is 6.21. The van der Waals surface area contributed by atoms with E-state index in [0.717, 1.165) is 51.0 Å². The lowest BCUT2D eigenvalue weighted by atomic mass is 9.85. The Morgan fingerprint density at radius 1 is 1.18 bits per heavy atom. The van der Waals surface area contributed by atoms with Crippen molar-refractivity contribution in [3.05, 3.63) is 18.5 Å². The third kappa shape index (κ3) is 2.97. The Labute approximate surface area is 132 Å². The van der Waals surface area contributed by atoms with Crippen LogP contribution in [0, 0.1) is 5.92 Å². The Bertz CT molecular complexity index is 484. The number of hydrogen-bond donors (Lipinski definition) is 0. The Hall–Kier alpha value is -1.20. The van der Waals surface area contributed by atoms with Gasteiger partial charge < -0.3 is 14.4 Å². The van der Waals surface area contributed by atoms with Crippen LogP contribution in [0.15, 0.2) is 18.5 Å². The lowest BCUT2D eigenvalue weighted by Gasteiger charge is -2.53. The molecule has 4 rings (SSSR count). The van der Waals surface area contributed by atoms with Crippen molar-refractivity contribution >= 4 is 5.95 Å². The molecule has 5 heteroatoms. The van der Waals surface area contributed by atoms with Crippen LogP contribution in [0.3, 0.4) is 0 Å². The van der Waals surface area contributed by atoms with Gasteiger partial charge in [0, 0.05) is 32.0 Å². The Morgan fingerprint density at radius 2 is 1.95 bits per heavy atom. The summed E-state index contributed by atoms with van der Waals surface area (Å²) >= 11 is 0. The molecular formula is C17H25N3O2. The molecule has 1 saturated carbocycles. The fourth-order valence-corrected chi connectivity index (χ4v) is 4.04. The van der Waals surface area contributed by atoms with Crippen LogP contribution in [0.25, 0.3) is 0 Å². The highest BCUT2D eigenvalue weighted by atomic mass is 16.5. The largest absolute Gasteiger partial charge is 0.378 e. The van der Waals surface area contributed by atoms with Crippen molar-refractivity contribution in [3.8, 4) is 0 Å². The lowest BCUT2D eigenvalue weighted by molar-refractivity contribution is -0.148. The molecule has 0 radical (unpaired) electrons. The number of anilines is 1. The van der Waals surface area contributed by atoms with E-state index < -0.39 is 0 Å². The van der Waals surface area contributed by atoms with Gasteiger partial charge in [0.25, 0.3) is 0 Å².